The van der Waals surface area contributed by atoms with E-state index in [1.807, 2.05) is 12.1 Å². The Morgan fingerprint density at radius 2 is 1.85 bits per heavy atom. The van der Waals surface area contributed by atoms with Crippen LogP contribution in [-0.2, 0) is 16.1 Å². The summed E-state index contributed by atoms with van der Waals surface area (Å²) in [6.45, 7) is 5.58. The van der Waals surface area contributed by atoms with Crippen molar-refractivity contribution in [2.75, 3.05) is 0 Å². The largest absolute Gasteiger partial charge is 0.488 e. The highest BCUT2D eigenvalue weighted by molar-refractivity contribution is 9.10. The Morgan fingerprint density at radius 3 is 2.51 bits per heavy atom. The summed E-state index contributed by atoms with van der Waals surface area (Å²) in [6, 6.07) is 18.0. The van der Waals surface area contributed by atoms with Crippen molar-refractivity contribution in [3.8, 4) is 5.75 Å². The minimum absolute atomic E-state index is 0.274. The zero-order chi connectivity index (χ0) is 29.3. The van der Waals surface area contributed by atoms with E-state index in [9.17, 15) is 14.0 Å². The number of carbonyl (C=O) groups is 1. The number of carbonyl (C=O) groups excluding carboxylic acids is 1. The first-order valence-corrected chi connectivity index (χ1v) is 14.7. The van der Waals surface area contributed by atoms with E-state index in [1.54, 1.807) is 73.9 Å². The molecule has 5 rings (SSSR count). The van der Waals surface area contributed by atoms with Crippen LogP contribution in [0.5, 0.6) is 5.75 Å². The van der Waals surface area contributed by atoms with E-state index in [2.05, 4.69) is 20.9 Å². The molecule has 0 radical (unpaired) electrons. The van der Waals surface area contributed by atoms with E-state index in [0.717, 1.165) is 16.7 Å². The van der Waals surface area contributed by atoms with Crippen LogP contribution < -0.4 is 19.6 Å². The molecule has 0 bridgehead atoms. The van der Waals surface area contributed by atoms with Crippen LogP contribution in [0, 0.1) is 5.82 Å². The van der Waals surface area contributed by atoms with Crippen molar-refractivity contribution >= 4 is 50.9 Å². The Labute approximate surface area is 253 Å². The van der Waals surface area contributed by atoms with E-state index in [1.165, 1.54) is 23.5 Å². The monoisotopic (exact) mass is 654 g/mol. The Bertz CT molecular complexity index is 1830. The molecule has 2 heterocycles. The molecule has 0 aliphatic carbocycles. The van der Waals surface area contributed by atoms with Gasteiger partial charge in [0.1, 0.15) is 18.2 Å². The Morgan fingerprint density at radius 1 is 1.15 bits per heavy atom. The molecule has 0 fully saturated rings. The summed E-state index contributed by atoms with van der Waals surface area (Å²) in [7, 11) is 0. The van der Waals surface area contributed by atoms with Gasteiger partial charge in [0.05, 0.1) is 32.4 Å². The number of benzene rings is 3. The molecule has 41 heavy (non-hydrogen) atoms. The van der Waals surface area contributed by atoms with Gasteiger partial charge in [0, 0.05) is 5.02 Å². The van der Waals surface area contributed by atoms with Gasteiger partial charge in [0.15, 0.2) is 4.80 Å². The molecule has 1 aliphatic heterocycles. The third-order valence-electron chi connectivity index (χ3n) is 6.33. The standard InChI is InChI=1S/C31H25BrClFN2O4S/c1-17(2)40-30(38)27-18(3)35-31-36(28(27)21-7-9-22(33)10-8-21)29(37)26(41-31)15-20-6-13-25(24(32)14-20)39-16-19-4-11-23(34)12-5-19/h4-15,17,28H,16H2,1-3H3/b26-15-/t28-/m1/s1. The van der Waals surface area contributed by atoms with Crippen molar-refractivity contribution in [3.63, 3.8) is 0 Å². The molecule has 1 atom stereocenters. The Balaban J connectivity index is 1.52. The summed E-state index contributed by atoms with van der Waals surface area (Å²) >= 11 is 10.9. The highest BCUT2D eigenvalue weighted by Gasteiger charge is 2.33. The molecule has 10 heteroatoms. The van der Waals surface area contributed by atoms with Gasteiger partial charge in [-0.1, -0.05) is 53.3 Å². The van der Waals surface area contributed by atoms with E-state index in [0.29, 0.717) is 35.8 Å². The molecule has 1 aromatic heterocycles. The highest BCUT2D eigenvalue weighted by atomic mass is 79.9. The second-order valence-corrected chi connectivity index (χ2v) is 12.0. The first-order chi connectivity index (χ1) is 19.6. The molecule has 210 valence electrons. The molecule has 6 nitrogen and oxygen atoms in total. The first-order valence-electron chi connectivity index (χ1n) is 12.8. The van der Waals surface area contributed by atoms with Gasteiger partial charge in [-0.15, -0.1) is 0 Å². The maximum atomic E-state index is 13.8. The maximum absolute atomic E-state index is 13.8. The summed E-state index contributed by atoms with van der Waals surface area (Å²) in [5.41, 5.74) is 2.86. The smallest absolute Gasteiger partial charge is 0.338 e. The number of hydrogen-bond donors (Lipinski definition) is 0. The van der Waals surface area contributed by atoms with Crippen LogP contribution in [0.4, 0.5) is 4.39 Å². The molecular weight excluding hydrogens is 631 g/mol. The lowest BCUT2D eigenvalue weighted by Crippen LogP contribution is -2.40. The number of thiazole rings is 1. The van der Waals surface area contributed by atoms with Crippen LogP contribution in [0.2, 0.25) is 5.02 Å². The highest BCUT2D eigenvalue weighted by Crippen LogP contribution is 2.32. The van der Waals surface area contributed by atoms with E-state index < -0.39 is 12.0 Å². The van der Waals surface area contributed by atoms with Gasteiger partial charge >= 0.3 is 5.97 Å². The minimum atomic E-state index is -0.717. The van der Waals surface area contributed by atoms with Crippen molar-refractivity contribution in [3.05, 3.63) is 130 Å². The Hall–Kier alpha value is -3.53. The van der Waals surface area contributed by atoms with Gasteiger partial charge in [0.2, 0.25) is 0 Å². The third-order valence-corrected chi connectivity index (χ3v) is 8.19. The second kappa shape index (κ2) is 12.1. The maximum Gasteiger partial charge on any atom is 0.338 e. The molecule has 1 aliphatic rings. The molecule has 0 spiro atoms. The zero-order valence-corrected chi connectivity index (χ0v) is 25.5. The number of aromatic nitrogens is 1. The van der Waals surface area contributed by atoms with Gasteiger partial charge in [-0.3, -0.25) is 9.36 Å². The quantitative estimate of drug-likeness (QED) is 0.219. The lowest BCUT2D eigenvalue weighted by molar-refractivity contribution is -0.143. The SMILES string of the molecule is CC1=C(C(=O)OC(C)C)[C@@H](c2ccc(Cl)cc2)n2c(s/c(=C\c3ccc(OCc4ccc(F)cc4)c(Br)c3)c2=O)=N1. The fourth-order valence-electron chi connectivity index (χ4n) is 4.44. The minimum Gasteiger partial charge on any atom is -0.488 e. The van der Waals surface area contributed by atoms with Crippen molar-refractivity contribution in [2.45, 2.75) is 39.5 Å². The molecule has 0 N–H and O–H groups in total. The number of nitrogens with zero attached hydrogens (tertiary/aromatic N) is 2. The topological polar surface area (TPSA) is 69.9 Å². The van der Waals surface area contributed by atoms with Crippen molar-refractivity contribution < 1.29 is 18.7 Å². The molecule has 0 amide bonds. The summed E-state index contributed by atoms with van der Waals surface area (Å²) in [4.78, 5) is 32.1. The van der Waals surface area contributed by atoms with Gasteiger partial charge < -0.3 is 9.47 Å². The lowest BCUT2D eigenvalue weighted by Gasteiger charge is -2.25. The van der Waals surface area contributed by atoms with Crippen LogP contribution in [0.3, 0.4) is 0 Å². The van der Waals surface area contributed by atoms with Gasteiger partial charge in [-0.05, 0) is 95.9 Å². The molecule has 0 saturated carbocycles. The van der Waals surface area contributed by atoms with Crippen molar-refractivity contribution in [1.29, 1.82) is 0 Å². The number of halogens is 3. The van der Waals surface area contributed by atoms with Crippen LogP contribution in [0.15, 0.2) is 92.3 Å². The van der Waals surface area contributed by atoms with Gasteiger partial charge in [0.25, 0.3) is 5.56 Å². The average Bonchev–Trinajstić information content (AvgIpc) is 3.22. The number of ether oxygens (including phenoxy) is 2. The first kappa shape index (κ1) is 29.0. The third kappa shape index (κ3) is 6.37. The molecule has 4 aromatic rings. The predicted molar refractivity (Wildman–Crippen MR) is 161 cm³/mol. The zero-order valence-electron chi connectivity index (χ0n) is 22.4. The average molecular weight is 656 g/mol. The second-order valence-electron chi connectivity index (χ2n) is 9.69. The molecule has 3 aromatic carbocycles. The number of hydrogen-bond acceptors (Lipinski definition) is 6. The van der Waals surface area contributed by atoms with Crippen LogP contribution >= 0.6 is 38.9 Å². The van der Waals surface area contributed by atoms with Gasteiger partial charge in [-0.25, -0.2) is 14.2 Å². The molecule has 0 unspecified atom stereocenters. The predicted octanol–water partition coefficient (Wildman–Crippen LogP) is 6.32. The van der Waals surface area contributed by atoms with Crippen molar-refractivity contribution in [1.82, 2.24) is 4.57 Å². The normalized spacial score (nSPS) is 15.1. The molecular formula is C31H25BrClFN2O4S. The summed E-state index contributed by atoms with van der Waals surface area (Å²) in [5.74, 6) is -0.207. The van der Waals surface area contributed by atoms with Crippen molar-refractivity contribution in [2.24, 2.45) is 4.99 Å². The number of rotatable bonds is 7. The molecule has 0 saturated heterocycles. The number of allylic oxidation sites excluding steroid dienone is 1. The fraction of sp³-hybridized carbons (Fsp3) is 0.194. The van der Waals surface area contributed by atoms with Crippen LogP contribution in [0.25, 0.3) is 6.08 Å². The van der Waals surface area contributed by atoms with E-state index in [4.69, 9.17) is 21.1 Å². The fourth-order valence-corrected chi connectivity index (χ4v) is 6.12. The lowest BCUT2D eigenvalue weighted by atomic mass is 9.96. The van der Waals surface area contributed by atoms with Crippen LogP contribution in [-0.4, -0.2) is 16.6 Å². The van der Waals surface area contributed by atoms with E-state index in [-0.39, 0.29) is 24.1 Å². The summed E-state index contributed by atoms with van der Waals surface area (Å²) in [6.07, 6.45) is 1.45. The summed E-state index contributed by atoms with van der Waals surface area (Å²) in [5, 5.41) is 0.545. The van der Waals surface area contributed by atoms with Crippen LogP contribution in [0.1, 0.15) is 43.5 Å². The van der Waals surface area contributed by atoms with Gasteiger partial charge in [-0.2, -0.15) is 0 Å². The number of esters is 1. The van der Waals surface area contributed by atoms with E-state index >= 15 is 0 Å². The Kier molecular flexibility index (Phi) is 8.58. The summed E-state index contributed by atoms with van der Waals surface area (Å²) < 4.78 is 27.3. The number of fused-ring (bicyclic) bond motifs is 1.